The normalized spacial score (nSPS) is 17.8. The minimum Gasteiger partial charge on any atom is -0.264 e. The number of nitrogens with zero attached hydrogens (tertiary/aromatic N) is 2. The van der Waals surface area contributed by atoms with Crippen LogP contribution >= 0.6 is 0 Å². The van der Waals surface area contributed by atoms with E-state index in [-0.39, 0.29) is 5.92 Å². The summed E-state index contributed by atoms with van der Waals surface area (Å²) >= 11 is 0. The molecule has 1 saturated carbocycles. The first-order chi connectivity index (χ1) is 6.40. The van der Waals surface area contributed by atoms with Gasteiger partial charge in [0, 0.05) is 12.4 Å². The Kier molecular flexibility index (Phi) is 2.27. The lowest BCUT2D eigenvalue weighted by Crippen LogP contribution is -1.97. The van der Waals surface area contributed by atoms with E-state index >= 15 is 0 Å². The molecule has 0 radical (unpaired) electrons. The molecule has 0 aromatic carbocycles. The summed E-state index contributed by atoms with van der Waals surface area (Å²) < 4.78 is 0. The van der Waals surface area contributed by atoms with Crippen molar-refractivity contribution in [2.75, 3.05) is 0 Å². The van der Waals surface area contributed by atoms with E-state index in [1.165, 1.54) is 12.8 Å². The van der Waals surface area contributed by atoms with Crippen molar-refractivity contribution in [3.63, 3.8) is 0 Å². The Bertz CT molecular complexity index is 309. The minimum atomic E-state index is 0.0567. The number of pyridine rings is 1. The number of hydrogen-bond donors (Lipinski definition) is 0. The third kappa shape index (κ3) is 2.06. The van der Waals surface area contributed by atoms with Gasteiger partial charge in [-0.15, -0.1) is 0 Å². The van der Waals surface area contributed by atoms with E-state index in [1.807, 2.05) is 12.1 Å². The molecule has 1 fully saturated rings. The van der Waals surface area contributed by atoms with Crippen LogP contribution in [0.1, 0.15) is 30.7 Å². The fraction of sp³-hybridized carbons (Fsp3) is 0.455. The molecule has 2 rings (SSSR count). The molecule has 1 aliphatic carbocycles. The van der Waals surface area contributed by atoms with Gasteiger partial charge >= 0.3 is 0 Å². The summed E-state index contributed by atoms with van der Waals surface area (Å²) in [6, 6.07) is 6.23. The van der Waals surface area contributed by atoms with Crippen LogP contribution in [0.3, 0.4) is 0 Å². The van der Waals surface area contributed by atoms with Crippen molar-refractivity contribution >= 4 is 0 Å². The van der Waals surface area contributed by atoms with E-state index in [4.69, 9.17) is 5.26 Å². The van der Waals surface area contributed by atoms with Gasteiger partial charge < -0.3 is 0 Å². The summed E-state index contributed by atoms with van der Waals surface area (Å²) in [7, 11) is 0. The molecule has 66 valence electrons. The van der Waals surface area contributed by atoms with Crippen LogP contribution in [0.15, 0.2) is 24.5 Å². The zero-order chi connectivity index (χ0) is 9.10. The molecule has 0 saturated heterocycles. The van der Waals surface area contributed by atoms with Crippen molar-refractivity contribution in [1.82, 2.24) is 4.98 Å². The number of rotatable bonds is 3. The Hall–Kier alpha value is -1.36. The lowest BCUT2D eigenvalue weighted by Gasteiger charge is -2.06. The van der Waals surface area contributed by atoms with Crippen LogP contribution in [0.4, 0.5) is 0 Å². The van der Waals surface area contributed by atoms with Crippen LogP contribution in [-0.4, -0.2) is 4.98 Å². The first kappa shape index (κ1) is 8.25. The summed E-state index contributed by atoms with van der Waals surface area (Å²) in [6.45, 7) is 0. The first-order valence-electron chi connectivity index (χ1n) is 4.69. The zero-order valence-electron chi connectivity index (χ0n) is 7.48. The van der Waals surface area contributed by atoms with E-state index in [0.717, 1.165) is 17.9 Å². The molecule has 0 N–H and O–H groups in total. The van der Waals surface area contributed by atoms with Crippen molar-refractivity contribution in [1.29, 1.82) is 5.26 Å². The molecular weight excluding hydrogens is 160 g/mol. The SMILES string of the molecule is N#C[C@@H](CC1CC1)c1cccnc1. The van der Waals surface area contributed by atoms with Gasteiger partial charge in [-0.05, 0) is 24.0 Å². The van der Waals surface area contributed by atoms with Crippen LogP contribution in [0.2, 0.25) is 0 Å². The summed E-state index contributed by atoms with van der Waals surface area (Å²) in [6.07, 6.45) is 7.17. The van der Waals surface area contributed by atoms with Gasteiger partial charge in [0.25, 0.3) is 0 Å². The molecular formula is C11H12N2. The highest BCUT2D eigenvalue weighted by Gasteiger charge is 2.26. The van der Waals surface area contributed by atoms with E-state index in [2.05, 4.69) is 11.1 Å². The van der Waals surface area contributed by atoms with Crippen molar-refractivity contribution in [2.24, 2.45) is 5.92 Å². The average Bonchev–Trinajstić information content (AvgIpc) is 2.99. The molecule has 0 unspecified atom stereocenters. The summed E-state index contributed by atoms with van der Waals surface area (Å²) in [5, 5.41) is 8.98. The van der Waals surface area contributed by atoms with Gasteiger partial charge in [-0.25, -0.2) is 0 Å². The lowest BCUT2D eigenvalue weighted by atomic mass is 9.96. The van der Waals surface area contributed by atoms with Crippen LogP contribution < -0.4 is 0 Å². The Balaban J connectivity index is 2.08. The molecule has 13 heavy (non-hydrogen) atoms. The zero-order valence-corrected chi connectivity index (χ0v) is 7.48. The predicted molar refractivity (Wildman–Crippen MR) is 49.9 cm³/mol. The number of nitriles is 1. The smallest absolute Gasteiger partial charge is 0.0730 e. The Morgan fingerprint density at radius 1 is 1.62 bits per heavy atom. The van der Waals surface area contributed by atoms with Crippen molar-refractivity contribution in [3.05, 3.63) is 30.1 Å². The van der Waals surface area contributed by atoms with Gasteiger partial charge in [0.2, 0.25) is 0 Å². The van der Waals surface area contributed by atoms with E-state index in [0.29, 0.717) is 0 Å². The molecule has 1 atom stereocenters. The number of aromatic nitrogens is 1. The third-order valence-electron chi connectivity index (χ3n) is 2.51. The summed E-state index contributed by atoms with van der Waals surface area (Å²) in [5.41, 5.74) is 1.07. The maximum atomic E-state index is 8.98. The van der Waals surface area contributed by atoms with Crippen LogP contribution in [0.25, 0.3) is 0 Å². The Morgan fingerprint density at radius 2 is 2.46 bits per heavy atom. The van der Waals surface area contributed by atoms with Crippen molar-refractivity contribution in [3.8, 4) is 6.07 Å². The summed E-state index contributed by atoms with van der Waals surface area (Å²) in [5.74, 6) is 0.853. The molecule has 0 spiro atoms. The molecule has 2 nitrogen and oxygen atoms in total. The molecule has 0 aliphatic heterocycles. The van der Waals surface area contributed by atoms with Crippen molar-refractivity contribution in [2.45, 2.75) is 25.2 Å². The average molecular weight is 172 g/mol. The second kappa shape index (κ2) is 3.57. The molecule has 2 heteroatoms. The second-order valence-electron chi connectivity index (χ2n) is 3.65. The maximum absolute atomic E-state index is 8.98. The first-order valence-corrected chi connectivity index (χ1v) is 4.69. The predicted octanol–water partition coefficient (Wildman–Crippen LogP) is 2.49. The molecule has 1 aromatic rings. The van der Waals surface area contributed by atoms with Crippen molar-refractivity contribution < 1.29 is 0 Å². The quantitative estimate of drug-likeness (QED) is 0.702. The monoisotopic (exact) mass is 172 g/mol. The van der Waals surface area contributed by atoms with Crippen LogP contribution in [0.5, 0.6) is 0 Å². The number of hydrogen-bond acceptors (Lipinski definition) is 2. The fourth-order valence-electron chi connectivity index (χ4n) is 1.53. The molecule has 1 heterocycles. The molecule has 1 aromatic heterocycles. The van der Waals surface area contributed by atoms with Gasteiger partial charge in [-0.2, -0.15) is 5.26 Å². The lowest BCUT2D eigenvalue weighted by molar-refractivity contribution is 0.669. The minimum absolute atomic E-state index is 0.0567. The van der Waals surface area contributed by atoms with Crippen LogP contribution in [0, 0.1) is 17.2 Å². The standard InChI is InChI=1S/C11H12N2/c12-7-11(6-9-3-4-9)10-2-1-5-13-8-10/h1-2,5,8-9,11H,3-4,6H2/t11-/m1/s1. The molecule has 0 bridgehead atoms. The van der Waals surface area contributed by atoms with E-state index in [9.17, 15) is 0 Å². The topological polar surface area (TPSA) is 36.7 Å². The second-order valence-corrected chi connectivity index (χ2v) is 3.65. The van der Waals surface area contributed by atoms with Gasteiger partial charge in [-0.3, -0.25) is 4.98 Å². The Labute approximate surface area is 78.2 Å². The van der Waals surface area contributed by atoms with Gasteiger partial charge in [0.1, 0.15) is 0 Å². The highest BCUT2D eigenvalue weighted by molar-refractivity contribution is 5.21. The Morgan fingerprint density at radius 3 is 3.00 bits per heavy atom. The highest BCUT2D eigenvalue weighted by Crippen LogP contribution is 2.38. The largest absolute Gasteiger partial charge is 0.264 e. The van der Waals surface area contributed by atoms with Gasteiger partial charge in [0.05, 0.1) is 12.0 Å². The van der Waals surface area contributed by atoms with E-state index < -0.39 is 0 Å². The molecule has 0 amide bonds. The van der Waals surface area contributed by atoms with Crippen LogP contribution in [-0.2, 0) is 0 Å². The summed E-state index contributed by atoms with van der Waals surface area (Å²) in [4.78, 5) is 4.03. The van der Waals surface area contributed by atoms with Gasteiger partial charge in [-0.1, -0.05) is 18.9 Å². The van der Waals surface area contributed by atoms with Gasteiger partial charge in [0.15, 0.2) is 0 Å². The third-order valence-corrected chi connectivity index (χ3v) is 2.51. The fourth-order valence-corrected chi connectivity index (χ4v) is 1.53. The highest BCUT2D eigenvalue weighted by atomic mass is 14.6. The molecule has 1 aliphatic rings. The maximum Gasteiger partial charge on any atom is 0.0730 e. The van der Waals surface area contributed by atoms with E-state index in [1.54, 1.807) is 12.4 Å².